The molecule has 0 unspecified atom stereocenters. The van der Waals surface area contributed by atoms with E-state index in [0.29, 0.717) is 24.1 Å². The van der Waals surface area contributed by atoms with Gasteiger partial charge in [-0.3, -0.25) is 4.79 Å². The third kappa shape index (κ3) is 1.31. The molecule has 14 heavy (non-hydrogen) atoms. The van der Waals surface area contributed by atoms with Crippen molar-refractivity contribution in [3.05, 3.63) is 33.2 Å². The second kappa shape index (κ2) is 3.26. The summed E-state index contributed by atoms with van der Waals surface area (Å²) in [6, 6.07) is 0. The number of nitrogens with one attached hydrogen (secondary N) is 2. The number of rotatable bonds is 1. The highest BCUT2D eigenvalue weighted by Gasteiger charge is 2.19. The fourth-order valence-electron chi connectivity index (χ4n) is 1.70. The first-order valence-electron chi connectivity index (χ1n) is 4.37. The summed E-state index contributed by atoms with van der Waals surface area (Å²) >= 11 is 0. The molecule has 1 aliphatic heterocycles. The lowest BCUT2D eigenvalue weighted by Gasteiger charge is -2.17. The normalized spacial score (nSPS) is 14.9. The lowest BCUT2D eigenvalue weighted by Crippen LogP contribution is -2.31. The zero-order valence-corrected chi connectivity index (χ0v) is 7.46. The summed E-state index contributed by atoms with van der Waals surface area (Å²) < 4.78 is 0. The molecule has 1 aromatic heterocycles. The van der Waals surface area contributed by atoms with E-state index < -0.39 is 5.97 Å². The van der Waals surface area contributed by atoms with Crippen LogP contribution in [0.1, 0.15) is 21.5 Å². The maximum Gasteiger partial charge on any atom is 0.337 e. The number of carbonyl (C=O) groups is 1. The minimum atomic E-state index is -0.999. The van der Waals surface area contributed by atoms with Crippen LogP contribution >= 0.6 is 0 Å². The summed E-state index contributed by atoms with van der Waals surface area (Å²) in [4.78, 5) is 24.6. The predicted octanol–water partition coefficient (Wildman–Crippen LogP) is -0.281. The molecule has 0 radical (unpaired) electrons. The summed E-state index contributed by atoms with van der Waals surface area (Å²) in [5.41, 5.74) is 1.23. The lowest BCUT2D eigenvalue weighted by molar-refractivity contribution is 0.0694. The third-order valence-corrected chi connectivity index (χ3v) is 2.40. The summed E-state index contributed by atoms with van der Waals surface area (Å²) in [6.07, 6.45) is 1.85. The first-order valence-corrected chi connectivity index (χ1v) is 4.37. The van der Waals surface area contributed by atoms with Crippen LogP contribution in [0.3, 0.4) is 0 Å². The fourth-order valence-corrected chi connectivity index (χ4v) is 1.70. The minimum Gasteiger partial charge on any atom is -0.478 e. The number of hydrogen-bond donors (Lipinski definition) is 3. The predicted molar refractivity (Wildman–Crippen MR) is 49.4 cm³/mol. The van der Waals surface area contributed by atoms with E-state index in [0.717, 1.165) is 6.54 Å². The van der Waals surface area contributed by atoms with Gasteiger partial charge in [0, 0.05) is 18.3 Å². The number of fused-ring (bicyclic) bond motifs is 1. The molecule has 0 aromatic carbocycles. The Kier molecular flexibility index (Phi) is 2.09. The van der Waals surface area contributed by atoms with Crippen LogP contribution in [0.4, 0.5) is 0 Å². The van der Waals surface area contributed by atoms with Crippen molar-refractivity contribution in [3.8, 4) is 0 Å². The van der Waals surface area contributed by atoms with Gasteiger partial charge in [0.2, 0.25) is 0 Å². The molecule has 5 nitrogen and oxygen atoms in total. The van der Waals surface area contributed by atoms with Crippen LogP contribution in [-0.2, 0) is 13.0 Å². The Balaban J connectivity index is 2.65. The summed E-state index contributed by atoms with van der Waals surface area (Å²) in [7, 11) is 0. The van der Waals surface area contributed by atoms with Gasteiger partial charge in [-0.15, -0.1) is 0 Å². The van der Waals surface area contributed by atoms with E-state index >= 15 is 0 Å². The molecule has 2 heterocycles. The molecule has 0 aliphatic carbocycles. The molecule has 0 amide bonds. The van der Waals surface area contributed by atoms with Gasteiger partial charge < -0.3 is 15.4 Å². The zero-order valence-electron chi connectivity index (χ0n) is 7.46. The molecule has 0 spiro atoms. The van der Waals surface area contributed by atoms with Crippen LogP contribution < -0.4 is 10.9 Å². The van der Waals surface area contributed by atoms with Gasteiger partial charge in [0.05, 0.1) is 5.56 Å². The molecule has 0 saturated carbocycles. The summed E-state index contributed by atoms with van der Waals surface area (Å²) in [5, 5.41) is 11.9. The van der Waals surface area contributed by atoms with Crippen molar-refractivity contribution < 1.29 is 9.90 Å². The van der Waals surface area contributed by atoms with Crippen LogP contribution in [0.2, 0.25) is 0 Å². The van der Waals surface area contributed by atoms with Gasteiger partial charge in [-0.1, -0.05) is 0 Å². The molecule has 1 aliphatic rings. The maximum atomic E-state index is 11.4. The SMILES string of the molecule is O=C(O)c1c[nH]c(=O)c2c1CNCC2. The van der Waals surface area contributed by atoms with E-state index in [4.69, 9.17) is 5.11 Å². The van der Waals surface area contributed by atoms with Crippen molar-refractivity contribution in [1.29, 1.82) is 0 Å². The van der Waals surface area contributed by atoms with Crippen LogP contribution in [0.5, 0.6) is 0 Å². The Morgan fingerprint density at radius 3 is 2.93 bits per heavy atom. The topological polar surface area (TPSA) is 82.2 Å². The Morgan fingerprint density at radius 1 is 1.43 bits per heavy atom. The smallest absolute Gasteiger partial charge is 0.337 e. The molecular weight excluding hydrogens is 184 g/mol. The van der Waals surface area contributed by atoms with Crippen molar-refractivity contribution in [1.82, 2.24) is 10.3 Å². The van der Waals surface area contributed by atoms with Crippen LogP contribution in [0.25, 0.3) is 0 Å². The number of H-pyrrole nitrogens is 1. The Labute approximate surface area is 79.8 Å². The van der Waals surface area contributed by atoms with Crippen molar-refractivity contribution in [2.75, 3.05) is 6.54 Å². The number of hydrogen-bond acceptors (Lipinski definition) is 3. The highest BCUT2D eigenvalue weighted by Crippen LogP contribution is 2.13. The van der Waals surface area contributed by atoms with E-state index in [2.05, 4.69) is 10.3 Å². The number of aromatic nitrogens is 1. The van der Waals surface area contributed by atoms with E-state index in [1.54, 1.807) is 0 Å². The van der Waals surface area contributed by atoms with Crippen LogP contribution in [0.15, 0.2) is 11.0 Å². The van der Waals surface area contributed by atoms with Crippen molar-refractivity contribution in [2.24, 2.45) is 0 Å². The second-order valence-corrected chi connectivity index (χ2v) is 3.22. The van der Waals surface area contributed by atoms with Crippen molar-refractivity contribution >= 4 is 5.97 Å². The van der Waals surface area contributed by atoms with Crippen LogP contribution in [-0.4, -0.2) is 22.6 Å². The molecule has 2 rings (SSSR count). The molecule has 0 fully saturated rings. The maximum absolute atomic E-state index is 11.4. The van der Waals surface area contributed by atoms with E-state index in [9.17, 15) is 9.59 Å². The van der Waals surface area contributed by atoms with Gasteiger partial charge in [0.15, 0.2) is 0 Å². The van der Waals surface area contributed by atoms with Crippen LogP contribution in [0, 0.1) is 0 Å². The second-order valence-electron chi connectivity index (χ2n) is 3.22. The Hall–Kier alpha value is -1.62. The van der Waals surface area contributed by atoms with Gasteiger partial charge in [-0.2, -0.15) is 0 Å². The Morgan fingerprint density at radius 2 is 2.21 bits per heavy atom. The average molecular weight is 194 g/mol. The third-order valence-electron chi connectivity index (χ3n) is 2.40. The number of aromatic amines is 1. The highest BCUT2D eigenvalue weighted by molar-refractivity contribution is 5.89. The molecule has 0 atom stereocenters. The molecule has 0 saturated heterocycles. The highest BCUT2D eigenvalue weighted by atomic mass is 16.4. The van der Waals surface area contributed by atoms with Gasteiger partial charge >= 0.3 is 5.97 Å². The number of aromatic carboxylic acids is 1. The first-order chi connectivity index (χ1) is 6.70. The van der Waals surface area contributed by atoms with E-state index in [1.165, 1.54) is 6.20 Å². The zero-order chi connectivity index (χ0) is 10.1. The van der Waals surface area contributed by atoms with E-state index in [1.807, 2.05) is 0 Å². The lowest BCUT2D eigenvalue weighted by atomic mass is 9.99. The van der Waals surface area contributed by atoms with Crippen molar-refractivity contribution in [2.45, 2.75) is 13.0 Å². The van der Waals surface area contributed by atoms with Gasteiger partial charge in [-0.05, 0) is 18.5 Å². The fraction of sp³-hybridized carbons (Fsp3) is 0.333. The monoisotopic (exact) mass is 194 g/mol. The summed E-state index contributed by atoms with van der Waals surface area (Å²) in [5.74, 6) is -0.999. The quantitative estimate of drug-likeness (QED) is 0.574. The standard InChI is InChI=1S/C9H10N2O3/c12-8-5-1-2-10-3-6(5)7(4-11-8)9(13)14/h4,10H,1-3H2,(H,11,12)(H,13,14). The summed E-state index contributed by atoms with van der Waals surface area (Å²) in [6.45, 7) is 1.18. The first kappa shape index (κ1) is 8.96. The Bertz CT molecular complexity index is 436. The molecular formula is C9H10N2O3. The minimum absolute atomic E-state index is 0.175. The van der Waals surface area contributed by atoms with Gasteiger partial charge in [0.25, 0.3) is 5.56 Å². The number of pyridine rings is 1. The number of carboxylic acids is 1. The van der Waals surface area contributed by atoms with Crippen molar-refractivity contribution in [3.63, 3.8) is 0 Å². The molecule has 1 aromatic rings. The largest absolute Gasteiger partial charge is 0.478 e. The molecule has 5 heteroatoms. The molecule has 74 valence electrons. The number of carboxylic acid groups (broad SMARTS) is 1. The average Bonchev–Trinajstić information content (AvgIpc) is 2.18. The van der Waals surface area contributed by atoms with E-state index in [-0.39, 0.29) is 11.1 Å². The van der Waals surface area contributed by atoms with Gasteiger partial charge in [0.1, 0.15) is 0 Å². The molecule has 3 N–H and O–H groups in total. The molecule has 0 bridgehead atoms. The van der Waals surface area contributed by atoms with Gasteiger partial charge in [-0.25, -0.2) is 4.79 Å².